The van der Waals surface area contributed by atoms with Crippen LogP contribution >= 0.6 is 0 Å². The summed E-state index contributed by atoms with van der Waals surface area (Å²) in [7, 11) is 1.68. The molecule has 0 spiro atoms. The Hall–Kier alpha value is -3.07. The van der Waals surface area contributed by atoms with Crippen LogP contribution < -0.4 is 5.32 Å². The second-order valence-corrected chi connectivity index (χ2v) is 9.14. The molecular weight excluding hydrogens is 464 g/mol. The van der Waals surface area contributed by atoms with Gasteiger partial charge in [0.25, 0.3) is 0 Å². The Bertz CT molecular complexity index is 867. The predicted molar refractivity (Wildman–Crippen MR) is 135 cm³/mol. The van der Waals surface area contributed by atoms with Gasteiger partial charge < -0.3 is 19.7 Å². The van der Waals surface area contributed by atoms with Gasteiger partial charge in [-0.3, -0.25) is 19.2 Å². The van der Waals surface area contributed by atoms with Crippen molar-refractivity contribution in [3.8, 4) is 0 Å². The zero-order valence-corrected chi connectivity index (χ0v) is 22.0. The van der Waals surface area contributed by atoms with Crippen LogP contribution in [0.5, 0.6) is 0 Å². The lowest BCUT2D eigenvalue weighted by Gasteiger charge is -2.17. The highest BCUT2D eigenvalue weighted by Gasteiger charge is 2.11. The maximum atomic E-state index is 12.3. The molecule has 1 N–H and O–H groups in total. The van der Waals surface area contributed by atoms with E-state index < -0.39 is 6.09 Å². The number of ether oxygens (including phenoxy) is 2. The Morgan fingerprint density at radius 1 is 0.944 bits per heavy atom. The lowest BCUT2D eigenvalue weighted by atomic mass is 10.0. The van der Waals surface area contributed by atoms with Crippen LogP contribution in [-0.2, 0) is 41.6 Å². The highest BCUT2D eigenvalue weighted by molar-refractivity contribution is 5.98. The van der Waals surface area contributed by atoms with E-state index in [0.717, 1.165) is 30.4 Å². The number of unbranched alkanes of at least 4 members (excludes halogenated alkanes) is 1. The molecule has 2 amide bonds. The highest BCUT2D eigenvalue weighted by Crippen LogP contribution is 2.10. The van der Waals surface area contributed by atoms with Crippen molar-refractivity contribution >= 4 is 29.4 Å². The molecule has 0 aliphatic rings. The number of hydrogen-bond donors (Lipinski definition) is 1. The van der Waals surface area contributed by atoms with E-state index in [1.54, 1.807) is 18.9 Å². The quantitative estimate of drug-likeness (QED) is 0.241. The number of amides is 2. The number of ketones is 3. The number of nitrogens with zero attached hydrogens (tertiary/aromatic N) is 1. The number of alkyl carbamates (subject to hydrolysis) is 1. The van der Waals surface area contributed by atoms with Crippen molar-refractivity contribution in [2.45, 2.75) is 65.8 Å². The zero-order valence-electron chi connectivity index (χ0n) is 22.0. The summed E-state index contributed by atoms with van der Waals surface area (Å²) in [5.41, 5.74) is 1.75. The van der Waals surface area contributed by atoms with E-state index in [0.29, 0.717) is 26.1 Å². The minimum absolute atomic E-state index is 0.0538. The Morgan fingerprint density at radius 2 is 1.61 bits per heavy atom. The molecule has 1 atom stereocenters. The van der Waals surface area contributed by atoms with Crippen LogP contribution in [-0.4, -0.2) is 67.7 Å². The summed E-state index contributed by atoms with van der Waals surface area (Å²) in [5, 5.41) is 2.67. The van der Waals surface area contributed by atoms with Crippen LogP contribution in [0.2, 0.25) is 0 Å². The van der Waals surface area contributed by atoms with E-state index in [4.69, 9.17) is 9.47 Å². The molecule has 0 heterocycles. The zero-order chi connectivity index (χ0) is 26.9. The summed E-state index contributed by atoms with van der Waals surface area (Å²) in [6.07, 6.45) is 2.62. The molecule has 1 rings (SSSR count). The molecule has 0 aliphatic heterocycles. The summed E-state index contributed by atoms with van der Waals surface area (Å²) in [6, 6.07) is 7.37. The molecule has 0 saturated carbocycles. The molecule has 200 valence electrons. The summed E-state index contributed by atoms with van der Waals surface area (Å²) in [4.78, 5) is 59.4. The summed E-state index contributed by atoms with van der Waals surface area (Å²) >= 11 is 0. The minimum atomic E-state index is -0.486. The third-order valence-electron chi connectivity index (χ3n) is 5.63. The first kappa shape index (κ1) is 31.0. The molecule has 0 saturated heterocycles. The molecule has 0 aromatic heterocycles. The van der Waals surface area contributed by atoms with E-state index in [9.17, 15) is 24.0 Å². The molecule has 9 heteroatoms. The second kappa shape index (κ2) is 17.4. The molecular formula is C27H40N2O7. The van der Waals surface area contributed by atoms with E-state index in [-0.39, 0.29) is 55.2 Å². The molecule has 0 bridgehead atoms. The number of likely N-dealkylation sites (N-methyl/N-ethyl adjacent to an activating group) is 1. The maximum absolute atomic E-state index is 12.3. The van der Waals surface area contributed by atoms with Gasteiger partial charge in [0, 0.05) is 38.9 Å². The number of benzene rings is 1. The summed E-state index contributed by atoms with van der Waals surface area (Å²) in [5.74, 6) is -0.192. The van der Waals surface area contributed by atoms with Gasteiger partial charge >= 0.3 is 6.09 Å². The largest absolute Gasteiger partial charge is 0.449 e. The minimum Gasteiger partial charge on any atom is -0.449 e. The van der Waals surface area contributed by atoms with Crippen molar-refractivity contribution in [2.75, 3.05) is 33.4 Å². The number of carbonyl (C=O) groups is 5. The lowest BCUT2D eigenvalue weighted by molar-refractivity contribution is -0.135. The molecule has 0 fully saturated rings. The summed E-state index contributed by atoms with van der Waals surface area (Å²) < 4.78 is 10.5. The average Bonchev–Trinajstić information content (AvgIpc) is 2.81. The third kappa shape index (κ3) is 14.4. The fourth-order valence-corrected chi connectivity index (χ4v) is 3.31. The maximum Gasteiger partial charge on any atom is 0.407 e. The van der Waals surface area contributed by atoms with Crippen LogP contribution in [0.3, 0.4) is 0 Å². The molecule has 0 aliphatic carbocycles. The first-order valence-electron chi connectivity index (χ1n) is 12.4. The number of carbonyl (C=O) groups excluding carboxylic acids is 5. The van der Waals surface area contributed by atoms with E-state index in [1.807, 2.05) is 31.2 Å². The second-order valence-electron chi connectivity index (χ2n) is 9.14. The third-order valence-corrected chi connectivity index (χ3v) is 5.63. The van der Waals surface area contributed by atoms with Gasteiger partial charge in [0.2, 0.25) is 5.91 Å². The SMILES string of the molecule is CC(=O)CC(=O)Cc1ccc(CN(C)C(=O)COCCCOC(=O)NCCCCC(C)C(C)=O)cc1. The molecule has 1 aromatic carbocycles. The van der Waals surface area contributed by atoms with Crippen molar-refractivity contribution in [2.24, 2.45) is 5.92 Å². The van der Waals surface area contributed by atoms with Crippen LogP contribution in [0, 0.1) is 5.92 Å². The fraction of sp³-hybridized carbons (Fsp3) is 0.593. The standard InChI is InChI=1S/C27H40N2O7/c1-20(22(3)31)8-5-6-13-28-27(34)36-15-7-14-35-19-26(33)29(4)18-24-11-9-23(10-12-24)17-25(32)16-21(2)30/h9-12,20H,5-8,13-19H2,1-4H3,(H,28,34). The first-order chi connectivity index (χ1) is 17.1. The average molecular weight is 505 g/mol. The monoisotopic (exact) mass is 504 g/mol. The van der Waals surface area contributed by atoms with Gasteiger partial charge in [-0.2, -0.15) is 0 Å². The molecule has 9 nitrogen and oxygen atoms in total. The van der Waals surface area contributed by atoms with Crippen LogP contribution in [0.15, 0.2) is 24.3 Å². The van der Waals surface area contributed by atoms with E-state index in [1.165, 1.54) is 6.92 Å². The van der Waals surface area contributed by atoms with Gasteiger partial charge in [0.15, 0.2) is 0 Å². The van der Waals surface area contributed by atoms with E-state index >= 15 is 0 Å². The van der Waals surface area contributed by atoms with Crippen LogP contribution in [0.4, 0.5) is 4.79 Å². The normalized spacial score (nSPS) is 11.4. The smallest absolute Gasteiger partial charge is 0.407 e. The number of Topliss-reactive ketones (excluding diaryl/α,β-unsaturated/α-hetero) is 3. The number of hydrogen-bond acceptors (Lipinski definition) is 7. The Morgan fingerprint density at radius 3 is 2.25 bits per heavy atom. The molecule has 36 heavy (non-hydrogen) atoms. The Balaban J connectivity index is 2.13. The van der Waals surface area contributed by atoms with Crippen LogP contribution in [0.25, 0.3) is 0 Å². The molecule has 1 aromatic rings. The number of rotatable bonds is 18. The highest BCUT2D eigenvalue weighted by atomic mass is 16.5. The van der Waals surface area contributed by atoms with Gasteiger partial charge in [-0.25, -0.2) is 4.79 Å². The van der Waals surface area contributed by atoms with Gasteiger partial charge in [-0.15, -0.1) is 0 Å². The molecule has 0 radical (unpaired) electrons. The van der Waals surface area contributed by atoms with Crippen molar-refractivity contribution in [3.05, 3.63) is 35.4 Å². The van der Waals surface area contributed by atoms with Crippen molar-refractivity contribution < 1.29 is 33.4 Å². The van der Waals surface area contributed by atoms with Gasteiger partial charge in [-0.1, -0.05) is 37.6 Å². The van der Waals surface area contributed by atoms with Crippen molar-refractivity contribution in [1.29, 1.82) is 0 Å². The fourth-order valence-electron chi connectivity index (χ4n) is 3.31. The van der Waals surface area contributed by atoms with Gasteiger partial charge in [-0.05, 0) is 37.8 Å². The molecule has 1 unspecified atom stereocenters. The predicted octanol–water partition coefficient (Wildman–Crippen LogP) is 3.26. The summed E-state index contributed by atoms with van der Waals surface area (Å²) in [6.45, 7) is 6.21. The van der Waals surface area contributed by atoms with Gasteiger partial charge in [0.05, 0.1) is 19.6 Å². The van der Waals surface area contributed by atoms with Crippen LogP contribution in [0.1, 0.15) is 64.0 Å². The first-order valence-corrected chi connectivity index (χ1v) is 12.4. The lowest BCUT2D eigenvalue weighted by Crippen LogP contribution is -2.30. The van der Waals surface area contributed by atoms with Crippen molar-refractivity contribution in [3.63, 3.8) is 0 Å². The Kier molecular flexibility index (Phi) is 14.9. The number of nitrogens with one attached hydrogen (secondary N) is 1. The van der Waals surface area contributed by atoms with Crippen molar-refractivity contribution in [1.82, 2.24) is 10.2 Å². The van der Waals surface area contributed by atoms with Gasteiger partial charge in [0.1, 0.15) is 24.0 Å². The van der Waals surface area contributed by atoms with E-state index in [2.05, 4.69) is 5.32 Å². The Labute approximate surface area is 213 Å². The topological polar surface area (TPSA) is 119 Å².